The summed E-state index contributed by atoms with van der Waals surface area (Å²) in [5, 5.41) is 0. The van der Waals surface area contributed by atoms with Gasteiger partial charge in [0.25, 0.3) is 0 Å². The Balaban J connectivity index is 3.37. The molecule has 0 aromatic carbocycles. The molecule has 0 aromatic heterocycles. The zero-order valence-electron chi connectivity index (χ0n) is 22.8. The topological polar surface area (TPSA) is 61.8 Å². The normalized spacial score (nSPS) is 12.1. The minimum Gasteiger partial charge on any atom is -0.466 e. The van der Waals surface area contributed by atoms with E-state index in [1.165, 1.54) is 12.8 Å². The van der Waals surface area contributed by atoms with Gasteiger partial charge in [-0.2, -0.15) is 0 Å². The van der Waals surface area contributed by atoms with Crippen LogP contribution in [0.3, 0.4) is 0 Å². The smallest absolute Gasteiger partial charge is 0.306 e. The van der Waals surface area contributed by atoms with Crippen LogP contribution in [0.2, 0.25) is 0 Å². The summed E-state index contributed by atoms with van der Waals surface area (Å²) in [7, 11) is 0. The third kappa shape index (κ3) is 21.2. The number of hydrogen-bond acceptors (Lipinski definition) is 5. The molecule has 0 N–H and O–H groups in total. The molecular weight excluding hydrogens is 416 g/mol. The highest BCUT2D eigenvalue weighted by Crippen LogP contribution is 2.17. The summed E-state index contributed by atoms with van der Waals surface area (Å²) in [4.78, 5) is 23.6. The molecule has 0 fully saturated rings. The lowest BCUT2D eigenvalue weighted by Crippen LogP contribution is -2.26. The first-order valence-corrected chi connectivity index (χ1v) is 13.6. The molecule has 33 heavy (non-hydrogen) atoms. The van der Waals surface area contributed by atoms with Crippen LogP contribution < -0.4 is 0 Å². The van der Waals surface area contributed by atoms with Gasteiger partial charge in [0.1, 0.15) is 5.60 Å². The van der Waals surface area contributed by atoms with E-state index in [1.807, 2.05) is 20.8 Å². The van der Waals surface area contributed by atoms with E-state index in [0.717, 1.165) is 83.7 Å². The van der Waals surface area contributed by atoms with Gasteiger partial charge < -0.3 is 14.2 Å². The average molecular weight is 471 g/mol. The van der Waals surface area contributed by atoms with Crippen LogP contribution in [0.4, 0.5) is 0 Å². The maximum Gasteiger partial charge on any atom is 0.306 e. The van der Waals surface area contributed by atoms with Gasteiger partial charge in [-0.3, -0.25) is 9.59 Å². The van der Waals surface area contributed by atoms with Gasteiger partial charge in [-0.25, -0.2) is 0 Å². The molecule has 0 saturated carbocycles. The summed E-state index contributed by atoms with van der Waals surface area (Å²) in [6, 6.07) is 0. The van der Waals surface area contributed by atoms with E-state index in [4.69, 9.17) is 14.2 Å². The molecule has 0 saturated heterocycles. The van der Waals surface area contributed by atoms with Crippen LogP contribution in [0, 0.1) is 0 Å². The molecule has 0 amide bonds. The maximum absolute atomic E-state index is 11.8. The third-order valence-corrected chi connectivity index (χ3v) is 6.40. The van der Waals surface area contributed by atoms with E-state index in [9.17, 15) is 9.59 Å². The Labute approximate surface area is 204 Å². The molecule has 0 aromatic rings. The zero-order chi connectivity index (χ0) is 25.0. The fourth-order valence-corrected chi connectivity index (χ4v) is 3.30. The van der Waals surface area contributed by atoms with Crippen molar-refractivity contribution in [2.45, 2.75) is 155 Å². The molecule has 0 radical (unpaired) electrons. The summed E-state index contributed by atoms with van der Waals surface area (Å²) in [5.74, 6) is -0.129. The Kier molecular flexibility index (Phi) is 18.6. The van der Waals surface area contributed by atoms with Gasteiger partial charge in [0.05, 0.1) is 12.2 Å². The van der Waals surface area contributed by atoms with Gasteiger partial charge in [0, 0.05) is 19.4 Å². The van der Waals surface area contributed by atoms with Crippen molar-refractivity contribution in [1.29, 1.82) is 0 Å². The minimum absolute atomic E-state index is 0.0155. The van der Waals surface area contributed by atoms with Crippen molar-refractivity contribution in [2.75, 3.05) is 13.2 Å². The van der Waals surface area contributed by atoms with Crippen molar-refractivity contribution in [3.8, 4) is 0 Å². The fourth-order valence-electron chi connectivity index (χ4n) is 3.30. The summed E-state index contributed by atoms with van der Waals surface area (Å²) in [6.45, 7) is 13.7. The Morgan fingerprint density at radius 1 is 0.545 bits per heavy atom. The number of carbonyl (C=O) groups is 2. The fraction of sp³-hybridized carbons (Fsp3) is 0.929. The third-order valence-electron chi connectivity index (χ3n) is 6.40. The lowest BCUT2D eigenvalue weighted by molar-refractivity contribution is -0.156. The second kappa shape index (κ2) is 19.2. The van der Waals surface area contributed by atoms with Crippen molar-refractivity contribution in [3.63, 3.8) is 0 Å². The van der Waals surface area contributed by atoms with Gasteiger partial charge in [-0.15, -0.1) is 0 Å². The monoisotopic (exact) mass is 470 g/mol. The predicted molar refractivity (Wildman–Crippen MR) is 136 cm³/mol. The maximum atomic E-state index is 11.8. The van der Waals surface area contributed by atoms with Crippen LogP contribution in [0.1, 0.15) is 144 Å². The van der Waals surface area contributed by atoms with Gasteiger partial charge in [0.15, 0.2) is 0 Å². The number of carbonyl (C=O) groups excluding carboxylic acids is 2. The van der Waals surface area contributed by atoms with Crippen LogP contribution in [0.15, 0.2) is 0 Å². The van der Waals surface area contributed by atoms with Crippen molar-refractivity contribution >= 4 is 11.9 Å². The minimum atomic E-state index is -0.343. The molecule has 0 aliphatic heterocycles. The van der Waals surface area contributed by atoms with Crippen molar-refractivity contribution < 1.29 is 23.8 Å². The number of hydrogen-bond donors (Lipinski definition) is 0. The quantitative estimate of drug-likeness (QED) is 0.119. The Morgan fingerprint density at radius 3 is 1.48 bits per heavy atom. The predicted octanol–water partition coefficient (Wildman–Crippen LogP) is 7.93. The molecule has 0 heterocycles. The Morgan fingerprint density at radius 2 is 0.970 bits per heavy atom. The molecule has 0 rings (SSSR count). The van der Waals surface area contributed by atoms with Crippen LogP contribution in [0.25, 0.3) is 0 Å². The molecule has 0 unspecified atom stereocenters. The first kappa shape index (κ1) is 31.9. The number of ether oxygens (including phenoxy) is 3. The van der Waals surface area contributed by atoms with Crippen LogP contribution in [-0.4, -0.2) is 36.4 Å². The summed E-state index contributed by atoms with van der Waals surface area (Å²) in [6.07, 6.45) is 15.9. The van der Waals surface area contributed by atoms with Crippen molar-refractivity contribution in [1.82, 2.24) is 0 Å². The second-order valence-corrected chi connectivity index (χ2v) is 10.5. The van der Waals surface area contributed by atoms with E-state index in [0.29, 0.717) is 19.4 Å². The molecule has 196 valence electrons. The van der Waals surface area contributed by atoms with Crippen LogP contribution >= 0.6 is 0 Å². The SMILES string of the molecule is CCC(C)(C)OCCCCCCOC(=O)CCCCCCCCCCC(=O)OC(C)(C)CC. The van der Waals surface area contributed by atoms with Gasteiger partial charge in [-0.1, -0.05) is 58.8 Å². The van der Waals surface area contributed by atoms with Gasteiger partial charge >= 0.3 is 11.9 Å². The zero-order valence-corrected chi connectivity index (χ0v) is 22.8. The number of rotatable bonds is 22. The molecule has 0 atom stereocenters. The van der Waals surface area contributed by atoms with Crippen molar-refractivity contribution in [3.05, 3.63) is 0 Å². The largest absolute Gasteiger partial charge is 0.466 e. The highest BCUT2D eigenvalue weighted by Gasteiger charge is 2.19. The summed E-state index contributed by atoms with van der Waals surface area (Å²) >= 11 is 0. The molecule has 5 nitrogen and oxygen atoms in total. The highest BCUT2D eigenvalue weighted by molar-refractivity contribution is 5.69. The number of esters is 2. The number of unbranched alkanes of at least 4 members (excludes halogenated alkanes) is 10. The summed E-state index contributed by atoms with van der Waals surface area (Å²) in [5.41, 5.74) is -0.358. The molecule has 5 heteroatoms. The van der Waals surface area contributed by atoms with E-state index in [-0.39, 0.29) is 23.1 Å². The molecule has 0 spiro atoms. The van der Waals surface area contributed by atoms with E-state index < -0.39 is 0 Å². The molecular formula is C28H54O5. The van der Waals surface area contributed by atoms with E-state index in [1.54, 1.807) is 0 Å². The molecule has 0 aliphatic rings. The lowest BCUT2D eigenvalue weighted by atomic mass is 10.1. The van der Waals surface area contributed by atoms with E-state index >= 15 is 0 Å². The Bertz CT molecular complexity index is 499. The Hall–Kier alpha value is -1.10. The van der Waals surface area contributed by atoms with Crippen molar-refractivity contribution in [2.24, 2.45) is 0 Å². The average Bonchev–Trinajstić information content (AvgIpc) is 2.76. The second-order valence-electron chi connectivity index (χ2n) is 10.5. The summed E-state index contributed by atoms with van der Waals surface area (Å²) < 4.78 is 16.6. The first-order valence-electron chi connectivity index (χ1n) is 13.6. The lowest BCUT2D eigenvalue weighted by Gasteiger charge is -2.23. The molecule has 0 aliphatic carbocycles. The van der Waals surface area contributed by atoms with Gasteiger partial charge in [-0.05, 0) is 72.6 Å². The molecule has 0 bridgehead atoms. The van der Waals surface area contributed by atoms with E-state index in [2.05, 4.69) is 20.8 Å². The first-order chi connectivity index (χ1) is 15.6. The van der Waals surface area contributed by atoms with Gasteiger partial charge in [0.2, 0.25) is 0 Å². The van der Waals surface area contributed by atoms with Crippen LogP contribution in [-0.2, 0) is 23.8 Å². The standard InChI is InChI=1S/C28H54O5/c1-7-27(3,4)32-24-20-16-15-19-23-31-25(29)21-17-13-11-9-10-12-14-18-22-26(30)33-28(5,6)8-2/h7-24H2,1-6H3. The van der Waals surface area contributed by atoms with Crippen LogP contribution in [0.5, 0.6) is 0 Å². The highest BCUT2D eigenvalue weighted by atomic mass is 16.6.